The molecule has 0 aliphatic heterocycles. The quantitative estimate of drug-likeness (QED) is 0.916. The highest BCUT2D eigenvalue weighted by molar-refractivity contribution is 6.31. The summed E-state index contributed by atoms with van der Waals surface area (Å²) in [5.41, 5.74) is 2.90. The number of hydrogen-bond acceptors (Lipinski definition) is 2. The SMILES string of the molecule is CCNC(Cc1cccc(F)c1Cl)c1cn(C)nc1C. The predicted molar refractivity (Wildman–Crippen MR) is 79.5 cm³/mol. The van der Waals surface area contributed by atoms with Crippen LogP contribution in [0.5, 0.6) is 0 Å². The lowest BCUT2D eigenvalue weighted by Gasteiger charge is -2.18. The van der Waals surface area contributed by atoms with Gasteiger partial charge in [-0.25, -0.2) is 4.39 Å². The summed E-state index contributed by atoms with van der Waals surface area (Å²) in [6, 6.07) is 5.01. The minimum Gasteiger partial charge on any atom is -0.310 e. The smallest absolute Gasteiger partial charge is 0.142 e. The Morgan fingerprint density at radius 3 is 2.80 bits per heavy atom. The van der Waals surface area contributed by atoms with Crippen molar-refractivity contribution < 1.29 is 4.39 Å². The number of nitrogens with one attached hydrogen (secondary N) is 1. The van der Waals surface area contributed by atoms with E-state index in [1.165, 1.54) is 6.07 Å². The summed E-state index contributed by atoms with van der Waals surface area (Å²) >= 11 is 6.05. The molecular formula is C15H19ClFN3. The van der Waals surface area contributed by atoms with E-state index < -0.39 is 0 Å². The Kier molecular flexibility index (Phi) is 4.78. The van der Waals surface area contributed by atoms with E-state index in [4.69, 9.17) is 11.6 Å². The van der Waals surface area contributed by atoms with Crippen LogP contribution in [0.25, 0.3) is 0 Å². The van der Waals surface area contributed by atoms with E-state index in [2.05, 4.69) is 10.4 Å². The normalized spacial score (nSPS) is 12.7. The Morgan fingerprint density at radius 2 is 2.20 bits per heavy atom. The van der Waals surface area contributed by atoms with Crippen molar-refractivity contribution in [2.45, 2.75) is 26.3 Å². The Labute approximate surface area is 123 Å². The maximum Gasteiger partial charge on any atom is 0.142 e. The van der Waals surface area contributed by atoms with Crippen LogP contribution in [0.4, 0.5) is 4.39 Å². The molecule has 3 nitrogen and oxygen atoms in total. The van der Waals surface area contributed by atoms with Crippen LogP contribution in [0, 0.1) is 12.7 Å². The third kappa shape index (κ3) is 3.19. The van der Waals surface area contributed by atoms with Crippen LogP contribution in [0.15, 0.2) is 24.4 Å². The Morgan fingerprint density at radius 1 is 1.45 bits per heavy atom. The largest absolute Gasteiger partial charge is 0.310 e. The fourth-order valence-electron chi connectivity index (χ4n) is 2.42. The molecule has 0 saturated heterocycles. The Balaban J connectivity index is 2.30. The van der Waals surface area contributed by atoms with Crippen molar-refractivity contribution in [3.8, 4) is 0 Å². The van der Waals surface area contributed by atoms with E-state index in [0.717, 1.165) is 23.4 Å². The number of aromatic nitrogens is 2. The molecule has 2 aromatic rings. The molecule has 0 radical (unpaired) electrons. The molecule has 0 aliphatic rings. The van der Waals surface area contributed by atoms with Gasteiger partial charge in [0.25, 0.3) is 0 Å². The zero-order chi connectivity index (χ0) is 14.7. The molecule has 20 heavy (non-hydrogen) atoms. The van der Waals surface area contributed by atoms with Crippen LogP contribution in [0.1, 0.15) is 29.8 Å². The van der Waals surface area contributed by atoms with Crippen LogP contribution in [-0.4, -0.2) is 16.3 Å². The number of halogens is 2. The van der Waals surface area contributed by atoms with E-state index in [1.807, 2.05) is 33.2 Å². The average molecular weight is 296 g/mol. The number of benzene rings is 1. The molecule has 1 aromatic carbocycles. The summed E-state index contributed by atoms with van der Waals surface area (Å²) in [5, 5.41) is 7.98. The van der Waals surface area contributed by atoms with Crippen LogP contribution in [0.2, 0.25) is 5.02 Å². The zero-order valence-electron chi connectivity index (χ0n) is 12.0. The van der Waals surface area contributed by atoms with Gasteiger partial charge in [-0.2, -0.15) is 5.10 Å². The van der Waals surface area contributed by atoms with Gasteiger partial charge in [0.2, 0.25) is 0 Å². The molecule has 1 atom stereocenters. The summed E-state index contributed by atoms with van der Waals surface area (Å²) in [5.74, 6) is -0.373. The molecule has 0 spiro atoms. The lowest BCUT2D eigenvalue weighted by molar-refractivity contribution is 0.544. The van der Waals surface area contributed by atoms with E-state index in [1.54, 1.807) is 10.7 Å². The Hall–Kier alpha value is -1.39. The summed E-state index contributed by atoms with van der Waals surface area (Å²) in [7, 11) is 1.90. The molecular weight excluding hydrogens is 277 g/mol. The molecule has 108 valence electrons. The molecule has 0 amide bonds. The zero-order valence-corrected chi connectivity index (χ0v) is 12.7. The fraction of sp³-hybridized carbons (Fsp3) is 0.400. The van der Waals surface area contributed by atoms with Gasteiger partial charge >= 0.3 is 0 Å². The third-order valence-corrected chi connectivity index (χ3v) is 3.76. The van der Waals surface area contributed by atoms with Gasteiger partial charge in [-0.15, -0.1) is 0 Å². The minimum atomic E-state index is -0.373. The molecule has 1 aromatic heterocycles. The first-order chi connectivity index (χ1) is 9.52. The van der Waals surface area contributed by atoms with Crippen molar-refractivity contribution >= 4 is 11.6 Å². The lowest BCUT2D eigenvalue weighted by atomic mass is 9.99. The molecule has 0 fully saturated rings. The number of aryl methyl sites for hydroxylation is 2. The highest BCUT2D eigenvalue weighted by Crippen LogP contribution is 2.26. The maximum atomic E-state index is 13.5. The minimum absolute atomic E-state index is 0.0769. The van der Waals surface area contributed by atoms with Crippen molar-refractivity contribution in [2.75, 3.05) is 6.54 Å². The van der Waals surface area contributed by atoms with Crippen LogP contribution < -0.4 is 5.32 Å². The van der Waals surface area contributed by atoms with Gasteiger partial charge in [0, 0.05) is 24.8 Å². The first kappa shape index (κ1) is 15.0. The fourth-order valence-corrected chi connectivity index (χ4v) is 2.63. The monoisotopic (exact) mass is 295 g/mol. The summed E-state index contributed by atoms with van der Waals surface area (Å²) in [6.07, 6.45) is 2.63. The van der Waals surface area contributed by atoms with Gasteiger partial charge in [0.1, 0.15) is 5.82 Å². The van der Waals surface area contributed by atoms with E-state index >= 15 is 0 Å². The standard InChI is InChI=1S/C15H19ClFN3/c1-4-18-14(12-9-20(3)19-10(12)2)8-11-6-5-7-13(17)15(11)16/h5-7,9,14,18H,4,8H2,1-3H3. The number of likely N-dealkylation sites (N-methyl/N-ethyl adjacent to an activating group) is 1. The molecule has 0 bridgehead atoms. The van der Waals surface area contributed by atoms with Crippen molar-refractivity contribution in [2.24, 2.45) is 7.05 Å². The third-order valence-electron chi connectivity index (χ3n) is 3.33. The molecule has 1 unspecified atom stereocenters. The van der Waals surface area contributed by atoms with Crippen molar-refractivity contribution in [1.29, 1.82) is 0 Å². The van der Waals surface area contributed by atoms with Crippen LogP contribution in [0.3, 0.4) is 0 Å². The van der Waals surface area contributed by atoms with Crippen molar-refractivity contribution in [3.63, 3.8) is 0 Å². The lowest BCUT2D eigenvalue weighted by Crippen LogP contribution is -2.23. The van der Waals surface area contributed by atoms with Crippen molar-refractivity contribution in [1.82, 2.24) is 15.1 Å². The van der Waals surface area contributed by atoms with E-state index in [0.29, 0.717) is 6.42 Å². The van der Waals surface area contributed by atoms with Crippen LogP contribution >= 0.6 is 11.6 Å². The first-order valence-corrected chi connectivity index (χ1v) is 7.07. The van der Waals surface area contributed by atoms with Gasteiger partial charge in [-0.1, -0.05) is 30.7 Å². The van der Waals surface area contributed by atoms with Crippen molar-refractivity contribution in [3.05, 3.63) is 52.1 Å². The topological polar surface area (TPSA) is 29.9 Å². The Bertz CT molecular complexity index is 595. The number of nitrogens with zero attached hydrogens (tertiary/aromatic N) is 2. The highest BCUT2D eigenvalue weighted by Gasteiger charge is 2.18. The van der Waals surface area contributed by atoms with Gasteiger partial charge in [-0.3, -0.25) is 4.68 Å². The highest BCUT2D eigenvalue weighted by atomic mass is 35.5. The molecule has 5 heteroatoms. The second-order valence-corrected chi connectivity index (χ2v) is 5.25. The van der Waals surface area contributed by atoms with E-state index in [9.17, 15) is 4.39 Å². The van der Waals surface area contributed by atoms with Crippen LogP contribution in [-0.2, 0) is 13.5 Å². The molecule has 1 heterocycles. The first-order valence-electron chi connectivity index (χ1n) is 6.69. The van der Waals surface area contributed by atoms with Gasteiger partial charge in [0.15, 0.2) is 0 Å². The maximum absolute atomic E-state index is 13.5. The second-order valence-electron chi connectivity index (χ2n) is 4.87. The average Bonchev–Trinajstić information content (AvgIpc) is 2.73. The van der Waals surface area contributed by atoms with Gasteiger partial charge < -0.3 is 5.32 Å². The summed E-state index contributed by atoms with van der Waals surface area (Å²) < 4.78 is 15.3. The number of rotatable bonds is 5. The van der Waals surface area contributed by atoms with Gasteiger partial charge in [0.05, 0.1) is 10.7 Å². The molecule has 0 aliphatic carbocycles. The summed E-state index contributed by atoms with van der Waals surface area (Å²) in [4.78, 5) is 0. The van der Waals surface area contributed by atoms with E-state index in [-0.39, 0.29) is 16.9 Å². The predicted octanol–water partition coefficient (Wildman–Crippen LogP) is 3.41. The second kappa shape index (κ2) is 6.37. The molecule has 2 rings (SSSR count). The number of hydrogen-bond donors (Lipinski definition) is 1. The molecule has 0 saturated carbocycles. The summed E-state index contributed by atoms with van der Waals surface area (Å²) in [6.45, 7) is 4.85. The van der Waals surface area contributed by atoms with Gasteiger partial charge in [-0.05, 0) is 31.5 Å². The molecule has 1 N–H and O–H groups in total.